The Morgan fingerprint density at radius 3 is 0.882 bits per heavy atom. The first-order valence-electron chi connectivity index (χ1n) is 4.53. The van der Waals surface area contributed by atoms with Crippen LogP contribution in [0.15, 0.2) is 0 Å². The van der Waals surface area contributed by atoms with E-state index in [1.807, 2.05) is 0 Å². The molecule has 0 spiro atoms. The summed E-state index contributed by atoms with van der Waals surface area (Å²) in [6, 6.07) is 0. The van der Waals surface area contributed by atoms with Gasteiger partial charge in [-0.05, 0) is 0 Å². The van der Waals surface area contributed by atoms with Crippen LogP contribution in [0.2, 0.25) is 0 Å². The Balaban J connectivity index is 0.000000284. The summed E-state index contributed by atoms with van der Waals surface area (Å²) < 4.78 is 0. The average Bonchev–Trinajstić information content (AvgIpc) is 2.70. The number of hydrogen-bond donors (Lipinski definition) is 2. The fourth-order valence-electron chi connectivity index (χ4n) is 1.13. The third-order valence-corrected chi connectivity index (χ3v) is 2.05. The first-order valence-corrected chi connectivity index (χ1v) is 4.53. The van der Waals surface area contributed by atoms with E-state index in [0.29, 0.717) is 0 Å². The first kappa shape index (κ1) is 16.1. The minimum atomic E-state index is -0.505. The number of rotatable bonds is 0. The van der Waals surface area contributed by atoms with Gasteiger partial charge in [-0.1, -0.05) is 0 Å². The van der Waals surface area contributed by atoms with Crippen LogP contribution in [0.4, 0.5) is 0 Å². The molecule has 2 saturated heterocycles. The molecule has 2 aliphatic heterocycles. The van der Waals surface area contributed by atoms with Gasteiger partial charge in [-0.3, -0.25) is 29.6 Å². The Bertz CT molecular complexity index is 292. The maximum absolute atomic E-state index is 10.2. The van der Waals surface area contributed by atoms with Crippen molar-refractivity contribution in [3.05, 3.63) is 0 Å². The van der Waals surface area contributed by atoms with E-state index >= 15 is 0 Å². The second kappa shape index (κ2) is 6.73. The minimum Gasteiger partial charge on any atom is -0.279 e. The average molecular weight is 321 g/mol. The molecule has 8 nitrogen and oxygen atoms in total. The molecule has 2 fully saturated rings. The van der Waals surface area contributed by atoms with E-state index in [9.17, 15) is 19.2 Å². The Morgan fingerprint density at radius 1 is 0.647 bits per heavy atom. The van der Waals surface area contributed by atoms with Gasteiger partial charge >= 0.3 is 0 Å². The number of nitrogens with zero attached hydrogens (tertiary/aromatic N) is 2. The molecule has 2 heterocycles. The summed E-state index contributed by atoms with van der Waals surface area (Å²) in [6.07, 6.45) is 0.593. The second-order valence-electron chi connectivity index (χ2n) is 3.20. The number of amides is 4. The second-order valence-corrected chi connectivity index (χ2v) is 3.20. The summed E-state index contributed by atoms with van der Waals surface area (Å²) in [5.41, 5.74) is 0. The molecule has 0 aromatic carbocycles. The zero-order chi connectivity index (χ0) is 12.3. The van der Waals surface area contributed by atoms with E-state index in [-0.39, 0.29) is 62.0 Å². The Labute approximate surface area is 115 Å². The van der Waals surface area contributed by atoms with E-state index in [2.05, 4.69) is 0 Å². The van der Waals surface area contributed by atoms with Crippen molar-refractivity contribution in [3.63, 3.8) is 0 Å². The molecule has 0 saturated carbocycles. The van der Waals surface area contributed by atoms with E-state index < -0.39 is 23.6 Å². The van der Waals surface area contributed by atoms with Crippen LogP contribution in [0.1, 0.15) is 25.7 Å². The third kappa shape index (κ3) is 4.10. The number of hydroxylamine groups is 4. The normalized spacial score (nSPS) is 19.2. The third-order valence-electron chi connectivity index (χ3n) is 2.05. The molecule has 0 aliphatic carbocycles. The molecular formula is C8H10N2O6Zr. The molecule has 2 rings (SSSR count). The molecule has 92 valence electrons. The van der Waals surface area contributed by atoms with Gasteiger partial charge in [0.15, 0.2) is 0 Å². The molecule has 0 aromatic rings. The van der Waals surface area contributed by atoms with Crippen LogP contribution in [0.25, 0.3) is 0 Å². The van der Waals surface area contributed by atoms with E-state index in [0.717, 1.165) is 0 Å². The fourth-order valence-corrected chi connectivity index (χ4v) is 1.13. The van der Waals surface area contributed by atoms with Crippen molar-refractivity contribution < 1.29 is 55.8 Å². The van der Waals surface area contributed by atoms with Crippen molar-refractivity contribution in [2.75, 3.05) is 0 Å². The molecular weight excluding hydrogens is 311 g/mol. The summed E-state index contributed by atoms with van der Waals surface area (Å²) in [5.74, 6) is -2.02. The molecule has 17 heavy (non-hydrogen) atoms. The Kier molecular flexibility index (Phi) is 6.37. The smallest absolute Gasteiger partial charge is 0.253 e. The quantitative estimate of drug-likeness (QED) is 0.439. The maximum Gasteiger partial charge on any atom is 0.253 e. The predicted octanol–water partition coefficient (Wildman–Crippen LogP) is -0.953. The largest absolute Gasteiger partial charge is 0.279 e. The van der Waals surface area contributed by atoms with E-state index in [1.165, 1.54) is 0 Å². The van der Waals surface area contributed by atoms with E-state index in [1.54, 1.807) is 0 Å². The molecule has 0 aromatic heterocycles. The van der Waals surface area contributed by atoms with Gasteiger partial charge in [0.05, 0.1) is 0 Å². The molecule has 2 N–H and O–H groups in total. The van der Waals surface area contributed by atoms with Gasteiger partial charge in [0.1, 0.15) is 0 Å². The fraction of sp³-hybridized carbons (Fsp3) is 0.500. The van der Waals surface area contributed by atoms with Crippen LogP contribution in [0.3, 0.4) is 0 Å². The number of carbonyl (C=O) groups excluding carboxylic acids is 4. The Hall–Kier alpha value is -0.917. The molecule has 0 bridgehead atoms. The zero-order valence-corrected chi connectivity index (χ0v) is 11.2. The van der Waals surface area contributed by atoms with Crippen LogP contribution in [0, 0.1) is 0 Å². The van der Waals surface area contributed by atoms with E-state index in [4.69, 9.17) is 10.4 Å². The van der Waals surface area contributed by atoms with Crippen molar-refractivity contribution >= 4 is 23.6 Å². The van der Waals surface area contributed by atoms with Gasteiger partial charge in [0.25, 0.3) is 23.6 Å². The molecule has 2 aliphatic rings. The summed E-state index contributed by atoms with van der Waals surface area (Å²) in [5, 5.41) is 17.1. The van der Waals surface area contributed by atoms with Crippen molar-refractivity contribution in [2.45, 2.75) is 25.7 Å². The van der Waals surface area contributed by atoms with Gasteiger partial charge in [0, 0.05) is 51.9 Å². The molecule has 9 heteroatoms. The van der Waals surface area contributed by atoms with Gasteiger partial charge < -0.3 is 0 Å². The van der Waals surface area contributed by atoms with Crippen LogP contribution in [0.5, 0.6) is 0 Å². The van der Waals surface area contributed by atoms with Crippen LogP contribution in [-0.2, 0) is 45.4 Å². The van der Waals surface area contributed by atoms with Gasteiger partial charge in [-0.15, -0.1) is 0 Å². The van der Waals surface area contributed by atoms with Crippen molar-refractivity contribution in [2.24, 2.45) is 0 Å². The minimum absolute atomic E-state index is 0. The maximum atomic E-state index is 10.2. The summed E-state index contributed by atoms with van der Waals surface area (Å²) >= 11 is 0. The summed E-state index contributed by atoms with van der Waals surface area (Å²) in [4.78, 5) is 41.0. The number of hydrogen-bond acceptors (Lipinski definition) is 6. The molecule has 0 atom stereocenters. The first-order chi connectivity index (χ1) is 7.43. The van der Waals surface area contributed by atoms with Crippen molar-refractivity contribution in [3.8, 4) is 0 Å². The number of carbonyl (C=O) groups is 4. The van der Waals surface area contributed by atoms with Gasteiger partial charge in [-0.25, -0.2) is 0 Å². The van der Waals surface area contributed by atoms with Gasteiger partial charge in [-0.2, -0.15) is 10.1 Å². The van der Waals surface area contributed by atoms with Crippen molar-refractivity contribution in [1.82, 2.24) is 10.1 Å². The number of imide groups is 2. The predicted molar refractivity (Wildman–Crippen MR) is 45.7 cm³/mol. The van der Waals surface area contributed by atoms with Crippen LogP contribution in [-0.4, -0.2) is 44.2 Å². The summed E-state index contributed by atoms with van der Waals surface area (Å²) in [7, 11) is 0. The SMILES string of the molecule is O=C1CCC(=O)N1O.O=C1CCC(=O)N1O.[Zr]. The molecule has 4 amide bonds. The Morgan fingerprint density at radius 2 is 0.824 bits per heavy atom. The van der Waals surface area contributed by atoms with Crippen molar-refractivity contribution in [1.29, 1.82) is 0 Å². The van der Waals surface area contributed by atoms with Gasteiger partial charge in [0.2, 0.25) is 0 Å². The molecule has 0 radical (unpaired) electrons. The summed E-state index contributed by atoms with van der Waals surface area (Å²) in [6.45, 7) is 0. The molecule has 0 unspecified atom stereocenters. The monoisotopic (exact) mass is 320 g/mol. The standard InChI is InChI=1S/2C4H5NO3.Zr/c2*6-3-1-2-4(7)5(3)8;/h2*8H,1-2H2;. The van der Waals surface area contributed by atoms with Crippen LogP contribution < -0.4 is 0 Å². The topological polar surface area (TPSA) is 115 Å². The van der Waals surface area contributed by atoms with Crippen LogP contribution >= 0.6 is 0 Å². The zero-order valence-electron chi connectivity index (χ0n) is 8.75.